The molecule has 160 valence electrons. The maximum atomic E-state index is 13.6. The zero-order valence-corrected chi connectivity index (χ0v) is 18.2. The number of anilines is 1. The summed E-state index contributed by atoms with van der Waals surface area (Å²) in [6, 6.07) is 26.4. The molecule has 2 amide bonds. The van der Waals surface area contributed by atoms with E-state index in [1.54, 1.807) is 28.0 Å². The van der Waals surface area contributed by atoms with Gasteiger partial charge in [0.05, 0.1) is 11.3 Å². The minimum Gasteiger partial charge on any atom is -0.339 e. The Balaban J connectivity index is 1.85. The number of hydrogen-bond acceptors (Lipinski definition) is 3. The van der Waals surface area contributed by atoms with Gasteiger partial charge in [-0.15, -0.1) is 0 Å². The van der Waals surface area contributed by atoms with E-state index in [0.717, 1.165) is 11.1 Å². The number of nitrogens with zero attached hydrogens (tertiary/aromatic N) is 3. The van der Waals surface area contributed by atoms with Crippen LogP contribution in [0.5, 0.6) is 0 Å². The van der Waals surface area contributed by atoms with Gasteiger partial charge in [0.25, 0.3) is 11.8 Å². The highest BCUT2D eigenvalue weighted by molar-refractivity contribution is 6.34. The fourth-order valence-electron chi connectivity index (χ4n) is 3.76. The number of para-hydroxylation sites is 1. The van der Waals surface area contributed by atoms with E-state index >= 15 is 0 Å². The van der Waals surface area contributed by atoms with Gasteiger partial charge in [0.1, 0.15) is 11.5 Å². The van der Waals surface area contributed by atoms with Crippen molar-refractivity contribution in [1.29, 1.82) is 0 Å². The molecule has 5 heteroatoms. The van der Waals surface area contributed by atoms with E-state index in [2.05, 4.69) is 0 Å². The van der Waals surface area contributed by atoms with Gasteiger partial charge in [0, 0.05) is 18.7 Å². The number of aliphatic imine (C=N–C) groups is 1. The molecule has 0 radical (unpaired) electrons. The highest BCUT2D eigenvalue weighted by Gasteiger charge is 2.35. The Morgan fingerprint density at radius 1 is 0.875 bits per heavy atom. The van der Waals surface area contributed by atoms with Crippen LogP contribution in [0.15, 0.2) is 95.6 Å². The Morgan fingerprint density at radius 3 is 2.12 bits per heavy atom. The Bertz CT molecular complexity index is 1180. The van der Waals surface area contributed by atoms with Crippen molar-refractivity contribution in [2.75, 3.05) is 18.0 Å². The summed E-state index contributed by atoms with van der Waals surface area (Å²) in [5, 5.41) is 0. The molecule has 0 spiro atoms. The van der Waals surface area contributed by atoms with Crippen LogP contribution in [0.1, 0.15) is 35.3 Å². The molecule has 32 heavy (non-hydrogen) atoms. The molecule has 0 fully saturated rings. The molecule has 1 aliphatic heterocycles. The first kappa shape index (κ1) is 21.2. The topological polar surface area (TPSA) is 53.0 Å². The van der Waals surface area contributed by atoms with Gasteiger partial charge in [-0.05, 0) is 37.6 Å². The molecule has 0 N–H and O–H groups in total. The maximum absolute atomic E-state index is 13.6. The van der Waals surface area contributed by atoms with Crippen LogP contribution in [0.2, 0.25) is 0 Å². The Kier molecular flexibility index (Phi) is 6.26. The number of rotatable bonds is 6. The lowest BCUT2D eigenvalue weighted by Crippen LogP contribution is -2.36. The third kappa shape index (κ3) is 4.10. The number of benzene rings is 3. The maximum Gasteiger partial charge on any atom is 0.282 e. The van der Waals surface area contributed by atoms with Gasteiger partial charge >= 0.3 is 0 Å². The van der Waals surface area contributed by atoms with Gasteiger partial charge in [-0.1, -0.05) is 72.8 Å². The fraction of sp³-hybridized carbons (Fsp3) is 0.148. The van der Waals surface area contributed by atoms with Gasteiger partial charge in [-0.25, -0.2) is 4.99 Å². The van der Waals surface area contributed by atoms with Crippen LogP contribution >= 0.6 is 0 Å². The molecule has 0 saturated heterocycles. The Hall–Kier alpha value is -3.99. The van der Waals surface area contributed by atoms with Crippen molar-refractivity contribution in [1.82, 2.24) is 4.90 Å². The SMILES string of the molecule is CCN(CC)C(=O)c1ccccc1N1C(=O)C(=Cc2ccccc2)N=C1c1ccccc1. The molecule has 0 atom stereocenters. The van der Waals surface area contributed by atoms with Crippen LogP contribution < -0.4 is 4.90 Å². The van der Waals surface area contributed by atoms with Crippen molar-refractivity contribution >= 4 is 29.4 Å². The Morgan fingerprint density at radius 2 is 1.47 bits per heavy atom. The molecule has 0 aliphatic carbocycles. The predicted molar refractivity (Wildman–Crippen MR) is 129 cm³/mol. The molecule has 0 saturated carbocycles. The molecular weight excluding hydrogens is 398 g/mol. The summed E-state index contributed by atoms with van der Waals surface area (Å²) >= 11 is 0. The number of carbonyl (C=O) groups is 2. The van der Waals surface area contributed by atoms with E-state index in [4.69, 9.17) is 4.99 Å². The molecular formula is C27H25N3O2. The fourth-order valence-corrected chi connectivity index (χ4v) is 3.76. The molecule has 4 rings (SSSR count). The van der Waals surface area contributed by atoms with Crippen LogP contribution in [0, 0.1) is 0 Å². The molecule has 0 unspecified atom stereocenters. The first-order valence-electron chi connectivity index (χ1n) is 10.8. The Labute approximate surface area is 188 Å². The summed E-state index contributed by atoms with van der Waals surface area (Å²) in [6.07, 6.45) is 1.78. The first-order valence-corrected chi connectivity index (χ1v) is 10.8. The summed E-state index contributed by atoms with van der Waals surface area (Å²) in [6.45, 7) is 5.08. The van der Waals surface area contributed by atoms with Crippen LogP contribution in [0.3, 0.4) is 0 Å². The summed E-state index contributed by atoms with van der Waals surface area (Å²) in [5.74, 6) is 0.149. The van der Waals surface area contributed by atoms with Crippen LogP contribution in [-0.4, -0.2) is 35.6 Å². The van der Waals surface area contributed by atoms with E-state index in [-0.39, 0.29) is 11.8 Å². The lowest BCUT2D eigenvalue weighted by Gasteiger charge is -2.24. The van der Waals surface area contributed by atoms with Gasteiger partial charge in [0.15, 0.2) is 0 Å². The predicted octanol–water partition coefficient (Wildman–Crippen LogP) is 5.00. The van der Waals surface area contributed by atoms with Gasteiger partial charge in [0.2, 0.25) is 0 Å². The monoisotopic (exact) mass is 423 g/mol. The summed E-state index contributed by atoms with van der Waals surface area (Å²) in [5.41, 5.74) is 3.05. The van der Waals surface area contributed by atoms with Crippen molar-refractivity contribution in [3.63, 3.8) is 0 Å². The average Bonchev–Trinajstić information content (AvgIpc) is 3.16. The second-order valence-corrected chi connectivity index (χ2v) is 7.38. The smallest absolute Gasteiger partial charge is 0.282 e. The average molecular weight is 424 g/mol. The van der Waals surface area contributed by atoms with Crippen molar-refractivity contribution in [2.45, 2.75) is 13.8 Å². The molecule has 0 bridgehead atoms. The lowest BCUT2D eigenvalue weighted by atomic mass is 10.1. The van der Waals surface area contributed by atoms with Crippen LogP contribution in [0.25, 0.3) is 6.08 Å². The van der Waals surface area contributed by atoms with E-state index in [9.17, 15) is 9.59 Å². The summed E-state index contributed by atoms with van der Waals surface area (Å²) < 4.78 is 0. The third-order valence-electron chi connectivity index (χ3n) is 5.42. The summed E-state index contributed by atoms with van der Waals surface area (Å²) in [7, 11) is 0. The zero-order chi connectivity index (χ0) is 22.5. The lowest BCUT2D eigenvalue weighted by molar-refractivity contribution is -0.113. The van der Waals surface area contributed by atoms with Crippen molar-refractivity contribution in [3.8, 4) is 0 Å². The zero-order valence-electron chi connectivity index (χ0n) is 18.2. The quantitative estimate of drug-likeness (QED) is 0.524. The summed E-state index contributed by atoms with van der Waals surface area (Å²) in [4.78, 5) is 34.8. The van der Waals surface area contributed by atoms with E-state index < -0.39 is 0 Å². The molecule has 1 heterocycles. The molecule has 0 aromatic heterocycles. The van der Waals surface area contributed by atoms with Crippen LogP contribution in [-0.2, 0) is 4.79 Å². The highest BCUT2D eigenvalue weighted by atomic mass is 16.2. The minimum absolute atomic E-state index is 0.105. The molecule has 1 aliphatic rings. The molecule has 3 aromatic carbocycles. The third-order valence-corrected chi connectivity index (χ3v) is 5.42. The second kappa shape index (κ2) is 9.43. The van der Waals surface area contributed by atoms with Crippen LogP contribution in [0.4, 0.5) is 5.69 Å². The normalized spacial score (nSPS) is 14.6. The van der Waals surface area contributed by atoms with Crippen molar-refractivity contribution in [3.05, 3.63) is 107 Å². The van der Waals surface area contributed by atoms with Gasteiger partial charge in [-0.2, -0.15) is 0 Å². The van der Waals surface area contributed by atoms with E-state index in [0.29, 0.717) is 35.9 Å². The second-order valence-electron chi connectivity index (χ2n) is 7.38. The number of carbonyl (C=O) groups excluding carboxylic acids is 2. The van der Waals surface area contributed by atoms with Crippen molar-refractivity contribution in [2.24, 2.45) is 4.99 Å². The standard InChI is InChI=1S/C27H25N3O2/c1-3-29(4-2)26(31)22-17-11-12-18-24(22)30-25(21-15-9-6-10-16-21)28-23(27(30)32)19-20-13-7-5-8-14-20/h5-19H,3-4H2,1-2H3. The van der Waals surface area contributed by atoms with Gasteiger partial charge < -0.3 is 4.90 Å². The minimum atomic E-state index is -0.257. The number of amides is 2. The molecule has 3 aromatic rings. The largest absolute Gasteiger partial charge is 0.339 e. The number of hydrogen-bond donors (Lipinski definition) is 0. The first-order chi connectivity index (χ1) is 15.6. The van der Waals surface area contributed by atoms with Gasteiger partial charge in [-0.3, -0.25) is 14.5 Å². The number of amidine groups is 1. The highest BCUT2D eigenvalue weighted by Crippen LogP contribution is 2.31. The van der Waals surface area contributed by atoms with E-state index in [1.165, 1.54) is 0 Å². The molecule has 5 nitrogen and oxygen atoms in total. The van der Waals surface area contributed by atoms with Crippen molar-refractivity contribution < 1.29 is 9.59 Å². The van der Waals surface area contributed by atoms with E-state index in [1.807, 2.05) is 86.6 Å².